The van der Waals surface area contributed by atoms with E-state index >= 15 is 0 Å². The number of benzene rings is 1. The Morgan fingerprint density at radius 1 is 1.33 bits per heavy atom. The predicted octanol–water partition coefficient (Wildman–Crippen LogP) is 1.68. The SMILES string of the molecule is NNc1ncc([N+](=O)[O-])c(OCCCc2ccccc2)n1. The lowest BCUT2D eigenvalue weighted by atomic mass is 10.1. The maximum absolute atomic E-state index is 10.9. The molecule has 2 aromatic rings. The minimum absolute atomic E-state index is 0.0682. The first-order valence-corrected chi connectivity index (χ1v) is 6.35. The molecule has 0 unspecified atom stereocenters. The second-order valence-corrected chi connectivity index (χ2v) is 4.22. The van der Waals surface area contributed by atoms with E-state index in [0.717, 1.165) is 19.0 Å². The number of ether oxygens (including phenoxy) is 1. The first-order valence-electron chi connectivity index (χ1n) is 6.35. The van der Waals surface area contributed by atoms with Crippen LogP contribution in [0, 0.1) is 10.1 Å². The van der Waals surface area contributed by atoms with Gasteiger partial charge in [0, 0.05) is 0 Å². The molecular formula is C13H15N5O3. The molecule has 0 fully saturated rings. The molecule has 0 aliphatic carbocycles. The van der Waals surface area contributed by atoms with Gasteiger partial charge in [-0.15, -0.1) is 0 Å². The van der Waals surface area contributed by atoms with Gasteiger partial charge in [0.2, 0.25) is 5.95 Å². The molecule has 0 aliphatic rings. The Morgan fingerprint density at radius 3 is 2.76 bits per heavy atom. The Morgan fingerprint density at radius 2 is 2.10 bits per heavy atom. The average Bonchev–Trinajstić information content (AvgIpc) is 2.52. The number of hydrogen-bond donors (Lipinski definition) is 2. The van der Waals surface area contributed by atoms with E-state index in [1.807, 2.05) is 30.3 Å². The predicted molar refractivity (Wildman–Crippen MR) is 76.8 cm³/mol. The molecule has 1 aromatic heterocycles. The van der Waals surface area contributed by atoms with Gasteiger partial charge in [-0.3, -0.25) is 15.5 Å². The summed E-state index contributed by atoms with van der Waals surface area (Å²) >= 11 is 0. The molecule has 2 rings (SSSR count). The van der Waals surface area contributed by atoms with Crippen molar-refractivity contribution in [3.63, 3.8) is 0 Å². The second kappa shape index (κ2) is 7.15. The maximum atomic E-state index is 10.9. The zero-order valence-corrected chi connectivity index (χ0v) is 11.2. The summed E-state index contributed by atoms with van der Waals surface area (Å²) in [5.74, 6) is 5.16. The van der Waals surface area contributed by atoms with Crippen molar-refractivity contribution in [2.75, 3.05) is 12.0 Å². The summed E-state index contributed by atoms with van der Waals surface area (Å²) < 4.78 is 5.37. The summed E-state index contributed by atoms with van der Waals surface area (Å²) in [7, 11) is 0. The molecule has 3 N–H and O–H groups in total. The van der Waals surface area contributed by atoms with Crippen LogP contribution in [0.3, 0.4) is 0 Å². The van der Waals surface area contributed by atoms with E-state index in [2.05, 4.69) is 15.4 Å². The molecule has 1 heterocycles. The summed E-state index contributed by atoms with van der Waals surface area (Å²) in [4.78, 5) is 17.8. The van der Waals surface area contributed by atoms with Gasteiger partial charge in [-0.2, -0.15) is 4.98 Å². The van der Waals surface area contributed by atoms with Crippen LogP contribution in [-0.2, 0) is 6.42 Å². The fraction of sp³-hybridized carbons (Fsp3) is 0.231. The van der Waals surface area contributed by atoms with Crippen LogP contribution in [0.15, 0.2) is 36.5 Å². The topological polar surface area (TPSA) is 116 Å². The van der Waals surface area contributed by atoms with Crippen molar-refractivity contribution in [1.29, 1.82) is 0 Å². The molecular weight excluding hydrogens is 274 g/mol. The number of nitrogens with zero attached hydrogens (tertiary/aromatic N) is 3. The Hall–Kier alpha value is -2.74. The van der Waals surface area contributed by atoms with E-state index in [4.69, 9.17) is 10.6 Å². The zero-order valence-electron chi connectivity index (χ0n) is 11.2. The Balaban J connectivity index is 1.94. The third kappa shape index (κ3) is 4.11. The van der Waals surface area contributed by atoms with Gasteiger partial charge in [0.05, 0.1) is 11.5 Å². The van der Waals surface area contributed by atoms with E-state index in [1.54, 1.807) is 0 Å². The van der Waals surface area contributed by atoms with Crippen LogP contribution in [0.4, 0.5) is 11.6 Å². The molecule has 0 amide bonds. The van der Waals surface area contributed by atoms with Crippen LogP contribution in [0.1, 0.15) is 12.0 Å². The zero-order chi connectivity index (χ0) is 15.1. The van der Waals surface area contributed by atoms with Crippen LogP contribution in [-0.4, -0.2) is 21.5 Å². The average molecular weight is 289 g/mol. The Kier molecular flexibility index (Phi) is 4.99. The van der Waals surface area contributed by atoms with Crippen molar-refractivity contribution >= 4 is 11.6 Å². The lowest BCUT2D eigenvalue weighted by Gasteiger charge is -2.07. The number of aromatic nitrogens is 2. The lowest BCUT2D eigenvalue weighted by molar-refractivity contribution is -0.386. The van der Waals surface area contributed by atoms with Crippen LogP contribution < -0.4 is 16.0 Å². The standard InChI is InChI=1S/C13H15N5O3/c14-17-13-15-9-11(18(19)20)12(16-13)21-8-4-7-10-5-2-1-3-6-10/h1-3,5-6,9H,4,7-8,14H2,(H,15,16,17). The molecule has 0 radical (unpaired) electrons. The highest BCUT2D eigenvalue weighted by molar-refractivity contribution is 5.42. The summed E-state index contributed by atoms with van der Waals surface area (Å²) in [5.41, 5.74) is 3.12. The highest BCUT2D eigenvalue weighted by Gasteiger charge is 2.18. The third-order valence-electron chi connectivity index (χ3n) is 2.75. The number of aryl methyl sites for hydroxylation is 1. The molecule has 0 atom stereocenters. The fourth-order valence-corrected chi connectivity index (χ4v) is 1.75. The lowest BCUT2D eigenvalue weighted by Crippen LogP contribution is -2.12. The van der Waals surface area contributed by atoms with Gasteiger partial charge in [-0.1, -0.05) is 30.3 Å². The molecule has 0 aliphatic heterocycles. The summed E-state index contributed by atoms with van der Waals surface area (Å²) in [6, 6.07) is 9.91. The molecule has 8 heteroatoms. The van der Waals surface area contributed by atoms with Crippen molar-refractivity contribution in [3.05, 3.63) is 52.2 Å². The summed E-state index contributed by atoms with van der Waals surface area (Å²) in [5, 5.41) is 10.9. The molecule has 0 saturated carbocycles. The quantitative estimate of drug-likeness (QED) is 0.344. The number of nitrogen functional groups attached to an aromatic ring is 1. The smallest absolute Gasteiger partial charge is 0.349 e. The van der Waals surface area contributed by atoms with Gasteiger partial charge >= 0.3 is 5.69 Å². The largest absolute Gasteiger partial charge is 0.473 e. The van der Waals surface area contributed by atoms with Gasteiger partial charge in [0.25, 0.3) is 5.88 Å². The Bertz CT molecular complexity index is 606. The molecule has 21 heavy (non-hydrogen) atoms. The van der Waals surface area contributed by atoms with Crippen LogP contribution in [0.2, 0.25) is 0 Å². The van der Waals surface area contributed by atoms with Gasteiger partial charge < -0.3 is 4.74 Å². The van der Waals surface area contributed by atoms with Crippen LogP contribution >= 0.6 is 0 Å². The van der Waals surface area contributed by atoms with E-state index in [-0.39, 0.29) is 17.5 Å². The van der Waals surface area contributed by atoms with E-state index in [9.17, 15) is 10.1 Å². The van der Waals surface area contributed by atoms with Crippen molar-refractivity contribution < 1.29 is 9.66 Å². The summed E-state index contributed by atoms with van der Waals surface area (Å²) in [6.45, 7) is 0.316. The maximum Gasteiger partial charge on any atom is 0.349 e. The van der Waals surface area contributed by atoms with Crippen molar-refractivity contribution in [3.8, 4) is 5.88 Å². The van der Waals surface area contributed by atoms with Crippen LogP contribution in [0.5, 0.6) is 5.88 Å². The number of nitro groups is 1. The Labute approximate surface area is 121 Å². The molecule has 0 spiro atoms. The molecule has 0 saturated heterocycles. The molecule has 8 nitrogen and oxygen atoms in total. The monoisotopic (exact) mass is 289 g/mol. The number of rotatable bonds is 7. The van der Waals surface area contributed by atoms with E-state index < -0.39 is 4.92 Å². The molecule has 1 aromatic carbocycles. The number of hydrogen-bond acceptors (Lipinski definition) is 7. The van der Waals surface area contributed by atoms with Crippen molar-refractivity contribution in [1.82, 2.24) is 9.97 Å². The van der Waals surface area contributed by atoms with E-state index in [0.29, 0.717) is 6.61 Å². The highest BCUT2D eigenvalue weighted by atomic mass is 16.6. The van der Waals surface area contributed by atoms with Gasteiger partial charge in [-0.05, 0) is 18.4 Å². The minimum Gasteiger partial charge on any atom is -0.473 e. The van der Waals surface area contributed by atoms with Crippen molar-refractivity contribution in [2.24, 2.45) is 5.84 Å². The first kappa shape index (κ1) is 14.7. The second-order valence-electron chi connectivity index (χ2n) is 4.22. The first-order chi connectivity index (χ1) is 10.2. The van der Waals surface area contributed by atoms with Crippen LogP contribution in [0.25, 0.3) is 0 Å². The fourth-order valence-electron chi connectivity index (χ4n) is 1.75. The third-order valence-corrected chi connectivity index (χ3v) is 2.75. The number of nitrogens with one attached hydrogen (secondary N) is 1. The highest BCUT2D eigenvalue weighted by Crippen LogP contribution is 2.24. The van der Waals surface area contributed by atoms with E-state index in [1.165, 1.54) is 5.56 Å². The number of hydrazine groups is 1. The molecule has 0 bridgehead atoms. The number of nitrogens with two attached hydrogens (primary N) is 1. The van der Waals surface area contributed by atoms with Crippen molar-refractivity contribution in [2.45, 2.75) is 12.8 Å². The van der Waals surface area contributed by atoms with Gasteiger partial charge in [0.15, 0.2) is 0 Å². The van der Waals surface area contributed by atoms with Gasteiger partial charge in [-0.25, -0.2) is 10.8 Å². The molecule has 110 valence electrons. The normalized spacial score (nSPS) is 10.1. The summed E-state index contributed by atoms with van der Waals surface area (Å²) in [6.07, 6.45) is 2.60. The minimum atomic E-state index is -0.590. The van der Waals surface area contributed by atoms with Gasteiger partial charge in [0.1, 0.15) is 6.20 Å². The number of anilines is 1.